The highest BCUT2D eigenvalue weighted by Gasteiger charge is 2.19. The highest BCUT2D eigenvalue weighted by molar-refractivity contribution is 9.10. The van der Waals surface area contributed by atoms with Gasteiger partial charge in [-0.2, -0.15) is 0 Å². The van der Waals surface area contributed by atoms with Gasteiger partial charge in [0.25, 0.3) is 0 Å². The predicted octanol–water partition coefficient (Wildman–Crippen LogP) is 3.14. The molecule has 0 radical (unpaired) electrons. The van der Waals surface area contributed by atoms with E-state index < -0.39 is 0 Å². The zero-order valence-corrected chi connectivity index (χ0v) is 9.59. The van der Waals surface area contributed by atoms with Crippen LogP contribution in [0.25, 0.3) is 0 Å². The van der Waals surface area contributed by atoms with Crippen LogP contribution in [0.2, 0.25) is 0 Å². The molecule has 1 aromatic carbocycles. The lowest BCUT2D eigenvalue weighted by molar-refractivity contribution is -0.108. The van der Waals surface area contributed by atoms with Gasteiger partial charge in [-0.1, -0.05) is 28.1 Å². The molecule has 0 saturated carbocycles. The zero-order valence-electron chi connectivity index (χ0n) is 8.00. The molecule has 1 nitrogen and oxygen atoms in total. The lowest BCUT2D eigenvalue weighted by atomic mass is 9.82. The molecule has 2 heteroatoms. The van der Waals surface area contributed by atoms with Crippen molar-refractivity contribution in [1.82, 2.24) is 0 Å². The smallest absolute Gasteiger partial charge is 0.120 e. The Labute approximate surface area is 92.6 Å². The number of halogens is 1. The molecule has 0 spiro atoms. The van der Waals surface area contributed by atoms with E-state index >= 15 is 0 Å². The second-order valence-electron chi connectivity index (χ2n) is 3.89. The van der Waals surface area contributed by atoms with Gasteiger partial charge in [0, 0.05) is 10.9 Å². The van der Waals surface area contributed by atoms with Crippen molar-refractivity contribution >= 4 is 22.2 Å². The molecular formula is C12H13BrO. The van der Waals surface area contributed by atoms with Crippen LogP contribution in [0.15, 0.2) is 22.7 Å². The van der Waals surface area contributed by atoms with E-state index in [1.807, 2.05) is 0 Å². The van der Waals surface area contributed by atoms with Crippen LogP contribution in [-0.4, -0.2) is 6.29 Å². The molecule has 1 aromatic rings. The third kappa shape index (κ3) is 1.90. The van der Waals surface area contributed by atoms with Gasteiger partial charge < -0.3 is 4.79 Å². The van der Waals surface area contributed by atoms with Crippen molar-refractivity contribution in [3.8, 4) is 0 Å². The van der Waals surface area contributed by atoms with Crippen molar-refractivity contribution in [2.75, 3.05) is 0 Å². The second kappa shape index (κ2) is 4.26. The molecule has 74 valence electrons. The van der Waals surface area contributed by atoms with Crippen LogP contribution in [0.1, 0.15) is 24.0 Å². The summed E-state index contributed by atoms with van der Waals surface area (Å²) in [4.78, 5) is 10.4. The van der Waals surface area contributed by atoms with Gasteiger partial charge in [0.2, 0.25) is 0 Å². The zero-order chi connectivity index (χ0) is 9.97. The van der Waals surface area contributed by atoms with Crippen molar-refractivity contribution < 1.29 is 4.79 Å². The van der Waals surface area contributed by atoms with Gasteiger partial charge in [0.15, 0.2) is 0 Å². The number of benzene rings is 1. The largest absolute Gasteiger partial charge is 0.303 e. The molecule has 0 aromatic heterocycles. The van der Waals surface area contributed by atoms with Crippen LogP contribution in [0.4, 0.5) is 0 Å². The number of hydrogen-bond donors (Lipinski definition) is 0. The van der Waals surface area contributed by atoms with E-state index in [1.165, 1.54) is 15.6 Å². The Balaban J connectivity index is 2.22. The summed E-state index contributed by atoms with van der Waals surface area (Å²) in [6, 6.07) is 6.35. The van der Waals surface area contributed by atoms with Crippen LogP contribution in [0.3, 0.4) is 0 Å². The van der Waals surface area contributed by atoms with E-state index in [2.05, 4.69) is 34.1 Å². The Kier molecular flexibility index (Phi) is 3.02. The number of aldehydes is 1. The maximum absolute atomic E-state index is 10.4. The standard InChI is InChI=1S/C12H13BrO/c13-12-3-1-2-10-8-9(6-7-14)4-5-11(10)12/h1-3,7,9H,4-6,8H2. The first-order valence-corrected chi connectivity index (χ1v) is 5.80. The fraction of sp³-hybridized carbons (Fsp3) is 0.417. The Morgan fingerprint density at radius 1 is 1.50 bits per heavy atom. The Hall–Kier alpha value is -0.630. The van der Waals surface area contributed by atoms with Crippen molar-refractivity contribution in [3.05, 3.63) is 33.8 Å². The molecule has 1 aliphatic carbocycles. The molecule has 1 aliphatic rings. The van der Waals surface area contributed by atoms with Gasteiger partial charge >= 0.3 is 0 Å². The minimum absolute atomic E-state index is 0.564. The summed E-state index contributed by atoms with van der Waals surface area (Å²) in [5, 5.41) is 0. The summed E-state index contributed by atoms with van der Waals surface area (Å²) in [5.74, 6) is 0.564. The maximum Gasteiger partial charge on any atom is 0.120 e. The minimum Gasteiger partial charge on any atom is -0.303 e. The first-order valence-electron chi connectivity index (χ1n) is 5.01. The second-order valence-corrected chi connectivity index (χ2v) is 4.74. The Morgan fingerprint density at radius 3 is 3.14 bits per heavy atom. The number of rotatable bonds is 2. The molecule has 0 aliphatic heterocycles. The number of carbonyl (C=O) groups is 1. The summed E-state index contributed by atoms with van der Waals surface area (Å²) >= 11 is 3.57. The lowest BCUT2D eigenvalue weighted by Gasteiger charge is -2.23. The van der Waals surface area contributed by atoms with Crippen molar-refractivity contribution in [2.24, 2.45) is 5.92 Å². The van der Waals surface area contributed by atoms with Gasteiger partial charge in [-0.25, -0.2) is 0 Å². The molecule has 1 unspecified atom stereocenters. The lowest BCUT2D eigenvalue weighted by Crippen LogP contribution is -2.14. The number of hydrogen-bond acceptors (Lipinski definition) is 1. The SMILES string of the molecule is O=CCC1CCc2c(Br)cccc2C1. The van der Waals surface area contributed by atoms with Crippen molar-refractivity contribution in [1.29, 1.82) is 0 Å². The topological polar surface area (TPSA) is 17.1 Å². The normalized spacial score (nSPS) is 20.2. The third-order valence-corrected chi connectivity index (χ3v) is 3.70. The van der Waals surface area contributed by atoms with Gasteiger partial charge in [-0.05, 0) is 42.4 Å². The van der Waals surface area contributed by atoms with Gasteiger partial charge in [0.05, 0.1) is 0 Å². The number of carbonyl (C=O) groups excluding carboxylic acids is 1. The van der Waals surface area contributed by atoms with E-state index in [0.29, 0.717) is 12.3 Å². The molecule has 0 saturated heterocycles. The minimum atomic E-state index is 0.564. The van der Waals surface area contributed by atoms with Crippen LogP contribution in [0, 0.1) is 5.92 Å². The van der Waals surface area contributed by atoms with Crippen molar-refractivity contribution in [3.63, 3.8) is 0 Å². The molecule has 2 rings (SSSR count). The predicted molar refractivity (Wildman–Crippen MR) is 60.3 cm³/mol. The fourth-order valence-corrected chi connectivity index (χ4v) is 2.78. The summed E-state index contributed by atoms with van der Waals surface area (Å²) in [7, 11) is 0. The van der Waals surface area contributed by atoms with Gasteiger partial charge in [-0.3, -0.25) is 0 Å². The Morgan fingerprint density at radius 2 is 2.36 bits per heavy atom. The summed E-state index contributed by atoms with van der Waals surface area (Å²) < 4.78 is 1.22. The van der Waals surface area contributed by atoms with E-state index in [4.69, 9.17) is 0 Å². The van der Waals surface area contributed by atoms with E-state index in [0.717, 1.165) is 25.5 Å². The molecule has 0 heterocycles. The van der Waals surface area contributed by atoms with Crippen LogP contribution in [-0.2, 0) is 17.6 Å². The quantitative estimate of drug-likeness (QED) is 0.740. The van der Waals surface area contributed by atoms with Gasteiger partial charge in [-0.15, -0.1) is 0 Å². The van der Waals surface area contributed by atoms with Crippen molar-refractivity contribution in [2.45, 2.75) is 25.7 Å². The van der Waals surface area contributed by atoms with Crippen LogP contribution in [0.5, 0.6) is 0 Å². The molecule has 14 heavy (non-hydrogen) atoms. The highest BCUT2D eigenvalue weighted by Crippen LogP contribution is 2.31. The number of fused-ring (bicyclic) bond motifs is 1. The average molecular weight is 253 g/mol. The van der Waals surface area contributed by atoms with E-state index in [1.54, 1.807) is 0 Å². The molecule has 0 amide bonds. The summed E-state index contributed by atoms with van der Waals surface area (Å²) in [6.07, 6.45) is 5.08. The molecule has 1 atom stereocenters. The maximum atomic E-state index is 10.4. The Bertz CT molecular complexity index is 346. The molecule has 0 bridgehead atoms. The van der Waals surface area contributed by atoms with E-state index in [9.17, 15) is 4.79 Å². The monoisotopic (exact) mass is 252 g/mol. The third-order valence-electron chi connectivity index (χ3n) is 2.96. The van der Waals surface area contributed by atoms with Crippen LogP contribution >= 0.6 is 15.9 Å². The summed E-state index contributed by atoms with van der Waals surface area (Å²) in [5.41, 5.74) is 2.85. The highest BCUT2D eigenvalue weighted by atomic mass is 79.9. The first-order chi connectivity index (χ1) is 6.81. The fourth-order valence-electron chi connectivity index (χ4n) is 2.17. The molecule has 0 fully saturated rings. The molecule has 0 N–H and O–H groups in total. The van der Waals surface area contributed by atoms with Crippen LogP contribution < -0.4 is 0 Å². The summed E-state index contributed by atoms with van der Waals surface area (Å²) in [6.45, 7) is 0. The average Bonchev–Trinajstić information content (AvgIpc) is 2.18. The van der Waals surface area contributed by atoms with E-state index in [-0.39, 0.29) is 0 Å². The van der Waals surface area contributed by atoms with Gasteiger partial charge in [0.1, 0.15) is 6.29 Å². The first kappa shape index (κ1) is 9.91. The molecular weight excluding hydrogens is 240 g/mol.